The lowest BCUT2D eigenvalue weighted by Crippen LogP contribution is -2.35. The number of benzene rings is 2. The Bertz CT molecular complexity index is 1060. The number of hydrogen-bond donors (Lipinski definition) is 1. The fourth-order valence-corrected chi connectivity index (χ4v) is 4.27. The smallest absolute Gasteiger partial charge is 0.269 e. The number of ketones is 1. The van der Waals surface area contributed by atoms with E-state index in [2.05, 4.69) is 19.2 Å². The van der Waals surface area contributed by atoms with Crippen LogP contribution in [0.25, 0.3) is 5.70 Å². The number of nitrogens with one attached hydrogen (secondary N) is 1. The van der Waals surface area contributed by atoms with Gasteiger partial charge in [0, 0.05) is 41.4 Å². The molecule has 1 N–H and O–H groups in total. The van der Waals surface area contributed by atoms with Crippen LogP contribution >= 0.6 is 0 Å². The molecule has 6 nitrogen and oxygen atoms in total. The van der Waals surface area contributed by atoms with Gasteiger partial charge in [-0.1, -0.05) is 26.0 Å². The van der Waals surface area contributed by atoms with Crippen molar-refractivity contribution in [2.45, 2.75) is 32.6 Å². The molecule has 0 saturated heterocycles. The third-order valence-electron chi connectivity index (χ3n) is 5.71. The molecule has 0 aromatic heterocycles. The van der Waals surface area contributed by atoms with E-state index in [1.165, 1.54) is 12.1 Å². The van der Waals surface area contributed by atoms with Crippen molar-refractivity contribution in [1.29, 1.82) is 0 Å². The topological polar surface area (TPSA) is 81.5 Å². The Kier molecular flexibility index (Phi) is 4.94. The zero-order valence-corrected chi connectivity index (χ0v) is 17.3. The van der Waals surface area contributed by atoms with E-state index in [-0.39, 0.29) is 22.8 Å². The highest BCUT2D eigenvalue weighted by molar-refractivity contribution is 6.00. The number of Topliss-reactive ketones (excluding diaryl/α,β-unsaturated/α-hetero) is 1. The predicted octanol–water partition coefficient (Wildman–Crippen LogP) is 4.97. The van der Waals surface area contributed by atoms with Crippen LogP contribution in [0.4, 0.5) is 5.69 Å². The lowest BCUT2D eigenvalue weighted by Gasteiger charge is -2.38. The summed E-state index contributed by atoms with van der Waals surface area (Å²) in [5.41, 5.74) is 4.40. The molecule has 0 bridgehead atoms. The SMILES string of the molecule is COc1ccc(C2=CC(c3ccc([N+](=O)[O-])cc3)C3=C(CC(C)(C)CC3=O)N2)cc1. The third kappa shape index (κ3) is 3.73. The fraction of sp³-hybridized carbons (Fsp3) is 0.292. The second-order valence-corrected chi connectivity index (χ2v) is 8.59. The molecule has 0 radical (unpaired) electrons. The highest BCUT2D eigenvalue weighted by Gasteiger charge is 2.38. The summed E-state index contributed by atoms with van der Waals surface area (Å²) in [5.74, 6) is 0.654. The Hall–Kier alpha value is -3.41. The molecule has 1 heterocycles. The van der Waals surface area contributed by atoms with Crippen LogP contribution in [0, 0.1) is 15.5 Å². The monoisotopic (exact) mass is 404 g/mol. The number of dihydropyridines is 1. The van der Waals surface area contributed by atoms with Crippen molar-refractivity contribution in [2.24, 2.45) is 5.41 Å². The summed E-state index contributed by atoms with van der Waals surface area (Å²) in [6.45, 7) is 4.20. The minimum atomic E-state index is -0.413. The van der Waals surface area contributed by atoms with Crippen molar-refractivity contribution in [3.05, 3.63) is 87.1 Å². The predicted molar refractivity (Wildman–Crippen MR) is 115 cm³/mol. The second-order valence-electron chi connectivity index (χ2n) is 8.59. The van der Waals surface area contributed by atoms with Crippen LogP contribution in [0.5, 0.6) is 5.75 Å². The molecule has 2 aromatic carbocycles. The summed E-state index contributed by atoms with van der Waals surface area (Å²) < 4.78 is 5.26. The molecule has 0 amide bonds. The van der Waals surface area contributed by atoms with Crippen LogP contribution in [-0.2, 0) is 4.79 Å². The van der Waals surface area contributed by atoms with Gasteiger partial charge >= 0.3 is 0 Å². The zero-order chi connectivity index (χ0) is 21.5. The van der Waals surface area contributed by atoms with Gasteiger partial charge in [-0.05, 0) is 53.3 Å². The summed E-state index contributed by atoms with van der Waals surface area (Å²) in [6.07, 6.45) is 3.30. The molecule has 1 aliphatic heterocycles. The van der Waals surface area contributed by atoms with Gasteiger partial charge in [-0.15, -0.1) is 0 Å². The van der Waals surface area contributed by atoms with Gasteiger partial charge in [-0.2, -0.15) is 0 Å². The summed E-state index contributed by atoms with van der Waals surface area (Å²) in [6, 6.07) is 14.2. The van der Waals surface area contributed by atoms with Crippen LogP contribution < -0.4 is 10.1 Å². The van der Waals surface area contributed by atoms with Gasteiger partial charge in [-0.25, -0.2) is 0 Å². The second kappa shape index (κ2) is 7.44. The number of nitro groups is 1. The lowest BCUT2D eigenvalue weighted by atomic mass is 9.70. The van der Waals surface area contributed by atoms with E-state index >= 15 is 0 Å². The van der Waals surface area contributed by atoms with Crippen molar-refractivity contribution in [1.82, 2.24) is 5.32 Å². The number of rotatable bonds is 4. The number of allylic oxidation sites excluding steroid dienone is 3. The van der Waals surface area contributed by atoms with E-state index in [0.717, 1.165) is 40.3 Å². The summed E-state index contributed by atoms with van der Waals surface area (Å²) in [7, 11) is 1.63. The minimum Gasteiger partial charge on any atom is -0.497 e. The molecule has 2 aliphatic rings. The number of methoxy groups -OCH3 is 1. The molecule has 2 aromatic rings. The Morgan fingerprint density at radius 2 is 1.73 bits per heavy atom. The van der Waals surface area contributed by atoms with Gasteiger partial charge in [0.1, 0.15) is 5.75 Å². The average molecular weight is 404 g/mol. The maximum Gasteiger partial charge on any atom is 0.269 e. The lowest BCUT2D eigenvalue weighted by molar-refractivity contribution is -0.384. The molecule has 4 rings (SSSR count). The van der Waals surface area contributed by atoms with Crippen molar-refractivity contribution in [3.8, 4) is 5.75 Å². The number of nitro benzene ring substituents is 1. The Balaban J connectivity index is 1.79. The first-order valence-corrected chi connectivity index (χ1v) is 9.91. The van der Waals surface area contributed by atoms with Crippen molar-refractivity contribution in [3.63, 3.8) is 0 Å². The number of non-ortho nitro benzene ring substituents is 1. The fourth-order valence-electron chi connectivity index (χ4n) is 4.27. The van der Waals surface area contributed by atoms with Gasteiger partial charge in [0.2, 0.25) is 0 Å². The summed E-state index contributed by atoms with van der Waals surface area (Å²) >= 11 is 0. The number of carbonyl (C=O) groups is 1. The molecule has 0 spiro atoms. The van der Waals surface area contributed by atoms with E-state index in [1.54, 1.807) is 19.2 Å². The Morgan fingerprint density at radius 3 is 2.33 bits per heavy atom. The first-order valence-electron chi connectivity index (χ1n) is 9.91. The quantitative estimate of drug-likeness (QED) is 0.574. The standard InChI is InChI=1S/C24H24N2O4/c1-24(2)13-21-23(22(27)14-24)19(15-4-8-17(9-5-15)26(28)29)12-20(25-21)16-6-10-18(30-3)11-7-16/h4-12,19,25H,13-14H2,1-3H3. The minimum absolute atomic E-state index is 0.0392. The highest BCUT2D eigenvalue weighted by Crippen LogP contribution is 2.45. The van der Waals surface area contributed by atoms with Gasteiger partial charge in [0.15, 0.2) is 5.78 Å². The van der Waals surface area contributed by atoms with E-state index in [1.807, 2.05) is 30.3 Å². The first-order chi connectivity index (χ1) is 14.3. The van der Waals surface area contributed by atoms with Crippen molar-refractivity contribution in [2.75, 3.05) is 7.11 Å². The highest BCUT2D eigenvalue weighted by atomic mass is 16.6. The van der Waals surface area contributed by atoms with Crippen LogP contribution in [0.1, 0.15) is 43.7 Å². The number of ether oxygens (including phenoxy) is 1. The molecule has 154 valence electrons. The maximum absolute atomic E-state index is 13.1. The zero-order valence-electron chi connectivity index (χ0n) is 17.3. The third-order valence-corrected chi connectivity index (χ3v) is 5.71. The number of carbonyl (C=O) groups excluding carboxylic acids is 1. The molecule has 0 fully saturated rings. The van der Waals surface area contributed by atoms with E-state index in [9.17, 15) is 14.9 Å². The molecule has 6 heteroatoms. The van der Waals surface area contributed by atoms with Crippen molar-refractivity contribution >= 4 is 17.2 Å². The van der Waals surface area contributed by atoms with Gasteiger partial charge < -0.3 is 10.1 Å². The average Bonchev–Trinajstić information content (AvgIpc) is 2.72. The molecule has 1 unspecified atom stereocenters. The molecule has 0 saturated carbocycles. The van der Waals surface area contributed by atoms with Gasteiger partial charge in [0.25, 0.3) is 5.69 Å². The number of hydrogen-bond acceptors (Lipinski definition) is 5. The van der Waals surface area contributed by atoms with E-state index in [4.69, 9.17) is 4.74 Å². The normalized spacial score (nSPS) is 20.2. The largest absolute Gasteiger partial charge is 0.497 e. The van der Waals surface area contributed by atoms with Gasteiger partial charge in [0.05, 0.1) is 12.0 Å². The summed E-state index contributed by atoms with van der Waals surface area (Å²) in [5, 5.41) is 14.5. The molecule has 30 heavy (non-hydrogen) atoms. The molecular weight excluding hydrogens is 380 g/mol. The first kappa shape index (κ1) is 19.9. The van der Waals surface area contributed by atoms with Gasteiger partial charge in [-0.3, -0.25) is 14.9 Å². The molecule has 1 atom stereocenters. The number of nitrogens with zero attached hydrogens (tertiary/aromatic N) is 1. The van der Waals surface area contributed by atoms with Crippen LogP contribution in [0.2, 0.25) is 0 Å². The van der Waals surface area contributed by atoms with E-state index in [0.29, 0.717) is 6.42 Å². The Labute approximate surface area is 175 Å². The molecular formula is C24H24N2O4. The van der Waals surface area contributed by atoms with E-state index < -0.39 is 4.92 Å². The summed E-state index contributed by atoms with van der Waals surface area (Å²) in [4.78, 5) is 23.7. The van der Waals surface area contributed by atoms with Crippen LogP contribution in [0.15, 0.2) is 65.9 Å². The maximum atomic E-state index is 13.1. The van der Waals surface area contributed by atoms with Crippen molar-refractivity contribution < 1.29 is 14.5 Å². The Morgan fingerprint density at radius 1 is 1.07 bits per heavy atom. The van der Waals surface area contributed by atoms with Crippen LogP contribution in [-0.4, -0.2) is 17.8 Å². The van der Waals surface area contributed by atoms with Crippen LogP contribution in [0.3, 0.4) is 0 Å². The molecule has 1 aliphatic carbocycles.